The summed E-state index contributed by atoms with van der Waals surface area (Å²) in [6.45, 7) is 0. The third-order valence-electron chi connectivity index (χ3n) is 2.93. The molecular weight excluding hydrogens is 362 g/mol. The molecule has 0 spiro atoms. The first kappa shape index (κ1) is 15.7. The number of rotatable bonds is 4. The van der Waals surface area contributed by atoms with Gasteiger partial charge in [0.1, 0.15) is 0 Å². The average molecular weight is 370 g/mol. The second-order valence-corrected chi connectivity index (χ2v) is 7.64. The molecule has 0 aliphatic rings. The number of nitro benzene ring substituents is 1. The lowest BCUT2D eigenvalue weighted by molar-refractivity contribution is -0.384. The van der Waals surface area contributed by atoms with Crippen molar-refractivity contribution in [2.24, 2.45) is 0 Å². The number of hydrogen-bond acceptors (Lipinski definition) is 6. The Bertz CT molecular complexity index is 1000. The van der Waals surface area contributed by atoms with Crippen molar-refractivity contribution in [2.75, 3.05) is 4.72 Å². The molecule has 23 heavy (non-hydrogen) atoms. The molecule has 7 nitrogen and oxygen atoms in total. The van der Waals surface area contributed by atoms with Gasteiger partial charge in [0.05, 0.1) is 20.0 Å². The minimum Gasteiger partial charge on any atom is -0.258 e. The van der Waals surface area contributed by atoms with Gasteiger partial charge in [-0.05, 0) is 30.3 Å². The number of sulfonamides is 1. The third kappa shape index (κ3) is 3.26. The number of non-ortho nitro benzene ring substituents is 1. The molecule has 0 aliphatic heterocycles. The highest BCUT2D eigenvalue weighted by atomic mass is 35.5. The minimum absolute atomic E-state index is 0.0830. The summed E-state index contributed by atoms with van der Waals surface area (Å²) in [5.74, 6) is 0. The second kappa shape index (κ2) is 5.76. The molecule has 1 aromatic heterocycles. The molecule has 0 fully saturated rings. The van der Waals surface area contributed by atoms with Crippen LogP contribution in [-0.2, 0) is 10.0 Å². The normalized spacial score (nSPS) is 11.5. The maximum absolute atomic E-state index is 12.3. The fourth-order valence-electron chi connectivity index (χ4n) is 1.86. The molecule has 2 aromatic carbocycles. The van der Waals surface area contributed by atoms with Crippen LogP contribution in [0.4, 0.5) is 10.8 Å². The fourth-order valence-corrected chi connectivity index (χ4v) is 4.24. The lowest BCUT2D eigenvalue weighted by Gasteiger charge is -2.04. The monoisotopic (exact) mass is 369 g/mol. The third-order valence-corrected chi connectivity index (χ3v) is 5.58. The Morgan fingerprint density at radius 2 is 1.87 bits per heavy atom. The van der Waals surface area contributed by atoms with Crippen LogP contribution in [0.15, 0.2) is 47.4 Å². The Morgan fingerprint density at radius 1 is 1.17 bits per heavy atom. The van der Waals surface area contributed by atoms with Crippen molar-refractivity contribution < 1.29 is 13.3 Å². The highest BCUT2D eigenvalue weighted by Gasteiger charge is 2.18. The summed E-state index contributed by atoms with van der Waals surface area (Å²) in [5.41, 5.74) is 0.444. The van der Waals surface area contributed by atoms with Gasteiger partial charge in [-0.15, -0.1) is 0 Å². The van der Waals surface area contributed by atoms with Crippen LogP contribution in [0.5, 0.6) is 0 Å². The van der Waals surface area contributed by atoms with Crippen LogP contribution in [0.25, 0.3) is 10.2 Å². The van der Waals surface area contributed by atoms with Gasteiger partial charge in [0.15, 0.2) is 5.13 Å². The Labute approximate surface area is 139 Å². The van der Waals surface area contributed by atoms with E-state index in [1.54, 1.807) is 18.2 Å². The number of thiazole rings is 1. The smallest absolute Gasteiger partial charge is 0.258 e. The van der Waals surface area contributed by atoms with Crippen LogP contribution in [0.1, 0.15) is 0 Å². The zero-order chi connectivity index (χ0) is 16.6. The number of anilines is 1. The molecule has 10 heteroatoms. The molecule has 0 saturated heterocycles. The van der Waals surface area contributed by atoms with E-state index in [-0.39, 0.29) is 15.7 Å². The van der Waals surface area contributed by atoms with Gasteiger partial charge in [-0.1, -0.05) is 22.9 Å². The standard InChI is InChI=1S/C13H8ClN3O4S2/c14-8-1-6-11-12(7-8)22-13(15-11)16-23(20,21)10-4-2-9(3-5-10)17(18)19/h1-7H,(H,15,16). The van der Waals surface area contributed by atoms with Crippen LogP contribution in [0.2, 0.25) is 5.02 Å². The molecular formula is C13H8ClN3O4S2. The summed E-state index contributed by atoms with van der Waals surface area (Å²) in [7, 11) is -3.87. The first-order valence-electron chi connectivity index (χ1n) is 6.18. The SMILES string of the molecule is O=[N+]([O-])c1ccc(S(=O)(=O)Nc2nc3ccc(Cl)cc3s2)cc1. The van der Waals surface area contributed by atoms with E-state index in [4.69, 9.17) is 11.6 Å². The van der Waals surface area contributed by atoms with E-state index in [1.807, 2.05) is 0 Å². The molecule has 1 N–H and O–H groups in total. The lowest BCUT2D eigenvalue weighted by Crippen LogP contribution is -2.12. The molecule has 0 unspecified atom stereocenters. The van der Waals surface area contributed by atoms with Gasteiger partial charge in [0.2, 0.25) is 0 Å². The number of aromatic nitrogens is 1. The van der Waals surface area contributed by atoms with E-state index < -0.39 is 14.9 Å². The molecule has 0 atom stereocenters. The first-order valence-corrected chi connectivity index (χ1v) is 8.86. The average Bonchev–Trinajstić information content (AvgIpc) is 2.87. The van der Waals surface area contributed by atoms with Crippen LogP contribution >= 0.6 is 22.9 Å². The van der Waals surface area contributed by atoms with Gasteiger partial charge < -0.3 is 0 Å². The number of nitro groups is 1. The van der Waals surface area contributed by atoms with Crippen LogP contribution in [-0.4, -0.2) is 18.3 Å². The summed E-state index contributed by atoms with van der Waals surface area (Å²) in [6, 6.07) is 9.66. The summed E-state index contributed by atoms with van der Waals surface area (Å²) in [4.78, 5) is 14.1. The van der Waals surface area contributed by atoms with E-state index in [2.05, 4.69) is 9.71 Å². The second-order valence-electron chi connectivity index (χ2n) is 4.49. The number of nitrogens with one attached hydrogen (secondary N) is 1. The molecule has 3 rings (SSSR count). The lowest BCUT2D eigenvalue weighted by atomic mass is 10.3. The van der Waals surface area contributed by atoms with Crippen molar-refractivity contribution in [3.63, 3.8) is 0 Å². The molecule has 0 aliphatic carbocycles. The largest absolute Gasteiger partial charge is 0.269 e. The topological polar surface area (TPSA) is 102 Å². The number of halogens is 1. The minimum atomic E-state index is -3.87. The van der Waals surface area contributed by atoms with Crippen LogP contribution in [0, 0.1) is 10.1 Å². The Balaban J connectivity index is 1.91. The van der Waals surface area contributed by atoms with Crippen molar-refractivity contribution in [3.05, 3.63) is 57.6 Å². The Morgan fingerprint density at radius 3 is 2.52 bits per heavy atom. The van der Waals surface area contributed by atoms with Crippen molar-refractivity contribution in [1.29, 1.82) is 0 Å². The van der Waals surface area contributed by atoms with Crippen LogP contribution in [0.3, 0.4) is 0 Å². The van der Waals surface area contributed by atoms with Crippen molar-refractivity contribution in [1.82, 2.24) is 4.98 Å². The Kier molecular flexibility index (Phi) is 3.92. The zero-order valence-corrected chi connectivity index (χ0v) is 13.7. The molecule has 0 bridgehead atoms. The molecule has 0 amide bonds. The van der Waals surface area contributed by atoms with Gasteiger partial charge >= 0.3 is 0 Å². The predicted octanol–water partition coefficient (Wildman–Crippen LogP) is 3.66. The van der Waals surface area contributed by atoms with Gasteiger partial charge in [-0.2, -0.15) is 0 Å². The summed E-state index contributed by atoms with van der Waals surface area (Å²) < 4.78 is 27.7. The van der Waals surface area contributed by atoms with E-state index in [0.717, 1.165) is 28.2 Å². The van der Waals surface area contributed by atoms with Gasteiger partial charge in [0, 0.05) is 17.2 Å². The molecule has 0 radical (unpaired) electrons. The van der Waals surface area contributed by atoms with E-state index >= 15 is 0 Å². The Hall–Kier alpha value is -2.23. The quantitative estimate of drug-likeness (QED) is 0.558. The number of fused-ring (bicyclic) bond motifs is 1. The summed E-state index contributed by atoms with van der Waals surface area (Å²) in [6.07, 6.45) is 0. The van der Waals surface area contributed by atoms with Gasteiger partial charge in [-0.3, -0.25) is 14.8 Å². The molecule has 0 saturated carbocycles. The highest BCUT2D eigenvalue weighted by molar-refractivity contribution is 7.93. The van der Waals surface area contributed by atoms with E-state index in [1.165, 1.54) is 12.1 Å². The maximum Gasteiger partial charge on any atom is 0.269 e. The van der Waals surface area contributed by atoms with Crippen molar-refractivity contribution >= 4 is 54.0 Å². The first-order chi connectivity index (χ1) is 10.8. The maximum atomic E-state index is 12.3. The highest BCUT2D eigenvalue weighted by Crippen LogP contribution is 2.29. The van der Waals surface area contributed by atoms with E-state index in [9.17, 15) is 18.5 Å². The number of hydrogen-bond donors (Lipinski definition) is 1. The number of nitrogens with zero attached hydrogens (tertiary/aromatic N) is 2. The van der Waals surface area contributed by atoms with Gasteiger partial charge in [-0.25, -0.2) is 13.4 Å². The number of benzene rings is 2. The fraction of sp³-hybridized carbons (Fsp3) is 0. The van der Waals surface area contributed by atoms with Crippen LogP contribution < -0.4 is 4.72 Å². The molecule has 118 valence electrons. The van der Waals surface area contributed by atoms with Gasteiger partial charge in [0.25, 0.3) is 15.7 Å². The zero-order valence-electron chi connectivity index (χ0n) is 11.3. The van der Waals surface area contributed by atoms with E-state index in [0.29, 0.717) is 10.5 Å². The van der Waals surface area contributed by atoms with Crippen molar-refractivity contribution in [3.8, 4) is 0 Å². The van der Waals surface area contributed by atoms with Crippen molar-refractivity contribution in [2.45, 2.75) is 4.90 Å². The summed E-state index contributed by atoms with van der Waals surface area (Å²) >= 11 is 7.03. The molecule has 1 heterocycles. The summed E-state index contributed by atoms with van der Waals surface area (Å²) in [5, 5.41) is 11.3. The molecule has 3 aromatic rings. The predicted molar refractivity (Wildman–Crippen MR) is 88.5 cm³/mol.